The van der Waals surface area contributed by atoms with Crippen molar-refractivity contribution in [3.05, 3.63) is 28.7 Å². The van der Waals surface area contributed by atoms with Gasteiger partial charge in [0.05, 0.1) is 13.1 Å². The Labute approximate surface area is 156 Å². The van der Waals surface area contributed by atoms with Gasteiger partial charge >= 0.3 is 11.9 Å². The van der Waals surface area contributed by atoms with Crippen LogP contribution in [0, 0.1) is 0 Å². The highest BCUT2D eigenvalue weighted by molar-refractivity contribution is 5.69. The quantitative estimate of drug-likeness (QED) is 0.524. The Bertz CT molecular complexity index is 679. The lowest BCUT2D eigenvalue weighted by atomic mass is 10.3. The molecule has 0 unspecified atom stereocenters. The highest BCUT2D eigenvalue weighted by atomic mass is 16.4. The molecule has 1 saturated heterocycles. The number of rotatable bonds is 7. The SMILES string of the molecule is O=C(O)CN1CCN(CCn2cccc(O)c2=O)CCN(CC(=O)O)CC1. The van der Waals surface area contributed by atoms with Crippen LogP contribution in [0.5, 0.6) is 5.75 Å². The number of pyridine rings is 1. The number of hydrogen-bond acceptors (Lipinski definition) is 7. The molecule has 1 aliphatic heterocycles. The van der Waals surface area contributed by atoms with Gasteiger partial charge < -0.3 is 19.9 Å². The third kappa shape index (κ3) is 7.00. The molecule has 3 N–H and O–H groups in total. The zero-order chi connectivity index (χ0) is 19.8. The number of aromatic hydroxyl groups is 1. The Hall–Kier alpha value is -2.43. The molecule has 10 nitrogen and oxygen atoms in total. The third-order valence-electron chi connectivity index (χ3n) is 4.57. The van der Waals surface area contributed by atoms with E-state index < -0.39 is 17.5 Å². The van der Waals surface area contributed by atoms with Crippen molar-refractivity contribution in [1.29, 1.82) is 0 Å². The van der Waals surface area contributed by atoms with Gasteiger partial charge in [-0.3, -0.25) is 29.1 Å². The van der Waals surface area contributed by atoms with Crippen LogP contribution in [0.3, 0.4) is 0 Å². The molecular weight excluding hydrogens is 356 g/mol. The van der Waals surface area contributed by atoms with E-state index >= 15 is 0 Å². The zero-order valence-corrected chi connectivity index (χ0v) is 15.2. The molecular formula is C17H26N4O6. The molecule has 0 saturated carbocycles. The number of carboxylic acid groups (broad SMARTS) is 2. The Kier molecular flexibility index (Phi) is 7.77. The molecule has 0 aliphatic carbocycles. The van der Waals surface area contributed by atoms with E-state index in [0.29, 0.717) is 52.4 Å². The maximum absolute atomic E-state index is 11.9. The van der Waals surface area contributed by atoms with Gasteiger partial charge in [0.15, 0.2) is 5.75 Å². The minimum Gasteiger partial charge on any atom is -0.503 e. The normalized spacial score (nSPS) is 17.8. The average Bonchev–Trinajstić information content (AvgIpc) is 2.68. The van der Waals surface area contributed by atoms with Crippen molar-refractivity contribution < 1.29 is 24.9 Å². The lowest BCUT2D eigenvalue weighted by Gasteiger charge is -2.25. The number of hydrogen-bond donors (Lipinski definition) is 3. The molecule has 27 heavy (non-hydrogen) atoms. The van der Waals surface area contributed by atoms with Crippen LogP contribution in [0.1, 0.15) is 0 Å². The maximum atomic E-state index is 11.9. The van der Waals surface area contributed by atoms with Crippen molar-refractivity contribution in [3.8, 4) is 5.75 Å². The van der Waals surface area contributed by atoms with Crippen LogP contribution in [-0.2, 0) is 16.1 Å². The highest BCUT2D eigenvalue weighted by Crippen LogP contribution is 2.03. The molecule has 0 radical (unpaired) electrons. The third-order valence-corrected chi connectivity index (χ3v) is 4.57. The molecule has 2 rings (SSSR count). The number of nitrogens with zero attached hydrogens (tertiary/aromatic N) is 4. The lowest BCUT2D eigenvalue weighted by Crippen LogP contribution is -2.40. The summed E-state index contributed by atoms with van der Waals surface area (Å²) >= 11 is 0. The highest BCUT2D eigenvalue weighted by Gasteiger charge is 2.19. The predicted octanol–water partition coefficient (Wildman–Crippen LogP) is -1.36. The van der Waals surface area contributed by atoms with Crippen molar-refractivity contribution in [2.75, 3.05) is 58.9 Å². The van der Waals surface area contributed by atoms with E-state index in [9.17, 15) is 19.5 Å². The van der Waals surface area contributed by atoms with Gasteiger partial charge in [-0.15, -0.1) is 0 Å². The number of aromatic nitrogens is 1. The lowest BCUT2D eigenvalue weighted by molar-refractivity contribution is -0.140. The second kappa shape index (κ2) is 10.0. The van der Waals surface area contributed by atoms with Crippen LogP contribution in [-0.4, -0.2) is 105 Å². The first-order valence-corrected chi connectivity index (χ1v) is 8.84. The minimum absolute atomic E-state index is 0.0965. The van der Waals surface area contributed by atoms with Crippen LogP contribution in [0.15, 0.2) is 23.1 Å². The predicted molar refractivity (Wildman–Crippen MR) is 97.0 cm³/mol. The van der Waals surface area contributed by atoms with Gasteiger partial charge in [-0.05, 0) is 12.1 Å². The van der Waals surface area contributed by atoms with Gasteiger partial charge in [-0.1, -0.05) is 0 Å². The smallest absolute Gasteiger partial charge is 0.317 e. The molecule has 1 aromatic heterocycles. The van der Waals surface area contributed by atoms with Crippen LogP contribution >= 0.6 is 0 Å². The van der Waals surface area contributed by atoms with Crippen molar-refractivity contribution in [3.63, 3.8) is 0 Å². The van der Waals surface area contributed by atoms with Gasteiger partial charge in [0, 0.05) is 58.6 Å². The van der Waals surface area contributed by atoms with Gasteiger partial charge in [0.25, 0.3) is 5.56 Å². The van der Waals surface area contributed by atoms with Gasteiger partial charge in [-0.2, -0.15) is 0 Å². The number of carbonyl (C=O) groups is 2. The first kappa shape index (κ1) is 20.9. The molecule has 2 heterocycles. The molecule has 0 amide bonds. The van der Waals surface area contributed by atoms with Crippen LogP contribution < -0.4 is 5.56 Å². The van der Waals surface area contributed by atoms with E-state index in [-0.39, 0.29) is 18.8 Å². The van der Waals surface area contributed by atoms with E-state index in [2.05, 4.69) is 4.90 Å². The second-order valence-corrected chi connectivity index (χ2v) is 6.57. The standard InChI is InChI=1S/C17H26N4O6/c22-14-2-1-3-21(17(14)27)11-10-18-4-6-19(12-15(23)24)8-9-20(7-5-18)13-16(25)26/h1-3,22H,4-13H2,(H,23,24)(H,25,26). The van der Waals surface area contributed by atoms with Gasteiger partial charge in [0.1, 0.15) is 0 Å². The summed E-state index contributed by atoms with van der Waals surface area (Å²) in [7, 11) is 0. The van der Waals surface area contributed by atoms with E-state index in [0.717, 1.165) is 0 Å². The summed E-state index contributed by atoms with van der Waals surface area (Å²) in [6.07, 6.45) is 1.60. The average molecular weight is 382 g/mol. The van der Waals surface area contributed by atoms with E-state index in [4.69, 9.17) is 10.2 Å². The first-order valence-electron chi connectivity index (χ1n) is 8.84. The van der Waals surface area contributed by atoms with Crippen molar-refractivity contribution in [2.45, 2.75) is 6.54 Å². The molecule has 10 heteroatoms. The number of aliphatic carboxylic acids is 2. The van der Waals surface area contributed by atoms with Crippen molar-refractivity contribution in [2.24, 2.45) is 0 Å². The summed E-state index contributed by atoms with van der Waals surface area (Å²) in [5.41, 5.74) is -0.457. The Morgan fingerprint density at radius 2 is 1.33 bits per heavy atom. The maximum Gasteiger partial charge on any atom is 0.317 e. The van der Waals surface area contributed by atoms with Crippen LogP contribution in [0.25, 0.3) is 0 Å². The molecule has 0 bridgehead atoms. The summed E-state index contributed by atoms with van der Waals surface area (Å²) < 4.78 is 1.42. The summed E-state index contributed by atoms with van der Waals surface area (Å²) in [5, 5.41) is 27.6. The molecule has 150 valence electrons. The fourth-order valence-electron chi connectivity index (χ4n) is 3.06. The monoisotopic (exact) mass is 382 g/mol. The molecule has 0 aromatic carbocycles. The van der Waals surface area contributed by atoms with Crippen LogP contribution in [0.4, 0.5) is 0 Å². The molecule has 1 aliphatic rings. The fourth-order valence-corrected chi connectivity index (χ4v) is 3.06. The molecule has 0 atom stereocenters. The molecule has 0 spiro atoms. The first-order chi connectivity index (χ1) is 12.8. The molecule has 1 fully saturated rings. The Balaban J connectivity index is 2.02. The molecule has 1 aromatic rings. The second-order valence-electron chi connectivity index (χ2n) is 6.57. The van der Waals surface area contributed by atoms with E-state index in [1.807, 2.05) is 0 Å². The van der Waals surface area contributed by atoms with Crippen molar-refractivity contribution >= 4 is 11.9 Å². The topological polar surface area (TPSA) is 127 Å². The Morgan fingerprint density at radius 3 is 1.81 bits per heavy atom. The van der Waals surface area contributed by atoms with Gasteiger partial charge in [0.2, 0.25) is 0 Å². The van der Waals surface area contributed by atoms with Crippen molar-refractivity contribution in [1.82, 2.24) is 19.3 Å². The summed E-state index contributed by atoms with van der Waals surface area (Å²) in [6, 6.07) is 2.94. The van der Waals surface area contributed by atoms with E-state index in [1.54, 1.807) is 22.1 Å². The summed E-state index contributed by atoms with van der Waals surface area (Å²) in [4.78, 5) is 39.7. The van der Waals surface area contributed by atoms with Gasteiger partial charge in [-0.25, -0.2) is 0 Å². The number of carboxylic acids is 2. The largest absolute Gasteiger partial charge is 0.503 e. The minimum atomic E-state index is -0.920. The zero-order valence-electron chi connectivity index (χ0n) is 15.2. The Morgan fingerprint density at radius 1 is 0.852 bits per heavy atom. The van der Waals surface area contributed by atoms with Crippen LogP contribution in [0.2, 0.25) is 0 Å². The fraction of sp³-hybridized carbons (Fsp3) is 0.588. The summed E-state index contributed by atoms with van der Waals surface area (Å²) in [6.45, 7) is 4.00. The summed E-state index contributed by atoms with van der Waals surface area (Å²) in [5.74, 6) is -2.14. The van der Waals surface area contributed by atoms with E-state index in [1.165, 1.54) is 10.6 Å².